The summed E-state index contributed by atoms with van der Waals surface area (Å²) in [6.07, 6.45) is 2.21. The molecule has 0 radical (unpaired) electrons. The number of primary sulfonamides is 1. The van der Waals surface area contributed by atoms with Gasteiger partial charge in [-0.3, -0.25) is 4.90 Å². The normalized spacial score (nSPS) is 16.6. The van der Waals surface area contributed by atoms with Crippen molar-refractivity contribution in [1.82, 2.24) is 4.90 Å². The van der Waals surface area contributed by atoms with E-state index in [4.69, 9.17) is 9.88 Å². The fraction of sp³-hybridized carbons (Fsp3) is 0.500. The lowest BCUT2D eigenvalue weighted by Crippen LogP contribution is -2.26. The molecule has 2 rings (SSSR count). The van der Waals surface area contributed by atoms with Crippen LogP contribution in [0.4, 0.5) is 8.78 Å². The first-order valence-electron chi connectivity index (χ1n) is 6.25. The van der Waals surface area contributed by atoms with Crippen LogP contribution in [0.15, 0.2) is 17.0 Å². The smallest absolute Gasteiger partial charge is 0.241 e. The number of sulfonamides is 1. The van der Waals surface area contributed by atoms with Crippen LogP contribution in [-0.4, -0.2) is 39.6 Å². The number of nitrogens with two attached hydrogens (primary N) is 1. The summed E-state index contributed by atoms with van der Waals surface area (Å²) in [5, 5.41) is 4.94. The predicted octanol–water partition coefficient (Wildman–Crippen LogP) is 1.09. The van der Waals surface area contributed by atoms with Crippen LogP contribution in [0.5, 0.6) is 5.75 Å². The van der Waals surface area contributed by atoms with E-state index < -0.39 is 32.3 Å². The third kappa shape index (κ3) is 3.65. The maximum absolute atomic E-state index is 13.6. The molecule has 1 heterocycles. The van der Waals surface area contributed by atoms with Crippen molar-refractivity contribution < 1.29 is 21.9 Å². The van der Waals surface area contributed by atoms with Crippen LogP contribution in [-0.2, 0) is 10.0 Å². The summed E-state index contributed by atoms with van der Waals surface area (Å²) in [5.41, 5.74) is 0. The van der Waals surface area contributed by atoms with Crippen molar-refractivity contribution in [2.24, 2.45) is 5.14 Å². The highest BCUT2D eigenvalue weighted by atomic mass is 32.2. The number of hydrogen-bond donors (Lipinski definition) is 1. The molecular formula is C12H16F2N2O3S. The third-order valence-electron chi connectivity index (χ3n) is 3.13. The Morgan fingerprint density at radius 2 is 1.90 bits per heavy atom. The molecule has 8 heteroatoms. The number of hydrogen-bond acceptors (Lipinski definition) is 4. The van der Waals surface area contributed by atoms with Gasteiger partial charge in [0.2, 0.25) is 10.0 Å². The molecule has 1 fully saturated rings. The molecule has 20 heavy (non-hydrogen) atoms. The zero-order chi connectivity index (χ0) is 14.8. The zero-order valence-electron chi connectivity index (χ0n) is 10.8. The first-order valence-corrected chi connectivity index (χ1v) is 7.79. The Kier molecular flexibility index (Phi) is 4.56. The van der Waals surface area contributed by atoms with E-state index in [1.165, 1.54) is 0 Å². The van der Waals surface area contributed by atoms with Crippen LogP contribution < -0.4 is 9.88 Å². The van der Waals surface area contributed by atoms with Crippen molar-refractivity contribution in [3.63, 3.8) is 0 Å². The fourth-order valence-corrected chi connectivity index (χ4v) is 2.86. The minimum atomic E-state index is -4.25. The van der Waals surface area contributed by atoms with Gasteiger partial charge in [-0.2, -0.15) is 0 Å². The van der Waals surface area contributed by atoms with E-state index >= 15 is 0 Å². The highest BCUT2D eigenvalue weighted by molar-refractivity contribution is 7.89. The van der Waals surface area contributed by atoms with Crippen molar-refractivity contribution in [1.29, 1.82) is 0 Å². The summed E-state index contributed by atoms with van der Waals surface area (Å²) in [6.45, 7) is 2.56. The van der Waals surface area contributed by atoms with Crippen LogP contribution in [0.3, 0.4) is 0 Å². The number of benzene rings is 1. The Balaban J connectivity index is 2.13. The van der Waals surface area contributed by atoms with Crippen molar-refractivity contribution >= 4 is 10.0 Å². The molecule has 5 nitrogen and oxygen atoms in total. The van der Waals surface area contributed by atoms with Crippen molar-refractivity contribution in [2.45, 2.75) is 17.7 Å². The zero-order valence-corrected chi connectivity index (χ0v) is 11.6. The second-order valence-electron chi connectivity index (χ2n) is 4.66. The van der Waals surface area contributed by atoms with E-state index in [9.17, 15) is 17.2 Å². The van der Waals surface area contributed by atoms with Gasteiger partial charge in [-0.15, -0.1) is 0 Å². The van der Waals surface area contributed by atoms with Gasteiger partial charge >= 0.3 is 0 Å². The van der Waals surface area contributed by atoms with E-state index in [0.717, 1.165) is 25.9 Å². The van der Waals surface area contributed by atoms with Gasteiger partial charge in [-0.25, -0.2) is 22.3 Å². The second-order valence-corrected chi connectivity index (χ2v) is 6.19. The summed E-state index contributed by atoms with van der Waals surface area (Å²) in [5.74, 6) is -2.61. The van der Waals surface area contributed by atoms with Crippen LogP contribution in [0, 0.1) is 11.6 Å². The van der Waals surface area contributed by atoms with Gasteiger partial charge in [0.05, 0.1) is 0 Å². The predicted molar refractivity (Wildman–Crippen MR) is 68.9 cm³/mol. The monoisotopic (exact) mass is 306 g/mol. The lowest BCUT2D eigenvalue weighted by Gasteiger charge is -2.16. The second kappa shape index (κ2) is 6.02. The molecule has 0 spiro atoms. The highest BCUT2D eigenvalue weighted by Crippen LogP contribution is 2.27. The Labute approximate surface area is 116 Å². The Morgan fingerprint density at radius 3 is 2.50 bits per heavy atom. The molecule has 1 saturated heterocycles. The first-order chi connectivity index (χ1) is 9.38. The lowest BCUT2D eigenvalue weighted by atomic mass is 10.3. The van der Waals surface area contributed by atoms with Crippen molar-refractivity contribution in [3.8, 4) is 5.75 Å². The van der Waals surface area contributed by atoms with Gasteiger partial charge in [-0.1, -0.05) is 0 Å². The largest absolute Gasteiger partial charge is 0.488 e. The van der Waals surface area contributed by atoms with E-state index in [-0.39, 0.29) is 6.61 Å². The molecule has 0 amide bonds. The molecular weight excluding hydrogens is 290 g/mol. The van der Waals surface area contributed by atoms with E-state index in [1.54, 1.807) is 0 Å². The van der Waals surface area contributed by atoms with Crippen molar-refractivity contribution in [2.75, 3.05) is 26.2 Å². The molecule has 1 aromatic rings. The highest BCUT2D eigenvalue weighted by Gasteiger charge is 2.21. The van der Waals surface area contributed by atoms with Crippen LogP contribution in [0.1, 0.15) is 12.8 Å². The summed E-state index contributed by atoms with van der Waals surface area (Å²) in [6, 6.07) is 1.23. The SMILES string of the molecule is NS(=O)(=O)c1cc(F)cc(F)c1OCCN1CCCC1. The summed E-state index contributed by atoms with van der Waals surface area (Å²) >= 11 is 0. The van der Waals surface area contributed by atoms with Gasteiger partial charge in [0.25, 0.3) is 0 Å². The lowest BCUT2D eigenvalue weighted by molar-refractivity contribution is 0.226. The molecule has 1 aliphatic heterocycles. The number of likely N-dealkylation sites (tertiary alicyclic amines) is 1. The van der Waals surface area contributed by atoms with E-state index in [1.807, 2.05) is 0 Å². The Hall–Kier alpha value is -1.25. The summed E-state index contributed by atoms with van der Waals surface area (Å²) in [4.78, 5) is 1.45. The first kappa shape index (κ1) is 15.1. The number of ether oxygens (including phenoxy) is 1. The number of rotatable bonds is 5. The topological polar surface area (TPSA) is 72.6 Å². The van der Waals surface area contributed by atoms with Crippen molar-refractivity contribution in [3.05, 3.63) is 23.8 Å². The van der Waals surface area contributed by atoms with Crippen LogP contribution in [0.2, 0.25) is 0 Å². The Bertz CT molecular complexity index is 587. The molecule has 0 unspecified atom stereocenters. The summed E-state index contributed by atoms with van der Waals surface area (Å²) in [7, 11) is -4.25. The average Bonchev–Trinajstić information content (AvgIpc) is 2.83. The molecule has 1 aliphatic rings. The number of halogens is 2. The molecule has 0 saturated carbocycles. The van der Waals surface area contributed by atoms with Crippen LogP contribution >= 0.6 is 0 Å². The molecule has 0 aromatic heterocycles. The van der Waals surface area contributed by atoms with Crippen LogP contribution in [0.25, 0.3) is 0 Å². The van der Waals surface area contributed by atoms with Gasteiger partial charge < -0.3 is 4.74 Å². The molecule has 0 aliphatic carbocycles. The molecule has 0 bridgehead atoms. The number of nitrogens with zero attached hydrogens (tertiary/aromatic N) is 1. The average molecular weight is 306 g/mol. The molecule has 112 valence electrons. The fourth-order valence-electron chi connectivity index (χ4n) is 2.17. The molecule has 2 N–H and O–H groups in total. The maximum Gasteiger partial charge on any atom is 0.241 e. The molecule has 0 atom stereocenters. The van der Waals surface area contributed by atoms with Gasteiger partial charge in [0.1, 0.15) is 17.3 Å². The van der Waals surface area contributed by atoms with Gasteiger partial charge in [-0.05, 0) is 32.0 Å². The standard InChI is InChI=1S/C12H16F2N2O3S/c13-9-7-10(14)12(11(8-9)20(15,17)18)19-6-5-16-3-1-2-4-16/h7-8H,1-6H2,(H2,15,17,18). The minimum Gasteiger partial charge on any atom is -0.488 e. The Morgan fingerprint density at radius 1 is 1.25 bits per heavy atom. The quantitative estimate of drug-likeness (QED) is 0.884. The minimum absolute atomic E-state index is 0.116. The summed E-state index contributed by atoms with van der Waals surface area (Å²) < 4.78 is 54.6. The van der Waals surface area contributed by atoms with Gasteiger partial charge in [0, 0.05) is 12.6 Å². The van der Waals surface area contributed by atoms with E-state index in [0.29, 0.717) is 18.7 Å². The third-order valence-corrected chi connectivity index (χ3v) is 4.05. The van der Waals surface area contributed by atoms with Gasteiger partial charge in [0.15, 0.2) is 11.6 Å². The molecule has 1 aromatic carbocycles. The maximum atomic E-state index is 13.6. The van der Waals surface area contributed by atoms with E-state index in [2.05, 4.69) is 4.90 Å².